The average Bonchev–Trinajstić information content (AvgIpc) is 2.30. The van der Waals surface area contributed by atoms with Crippen LogP contribution in [-0.2, 0) is 4.79 Å². The van der Waals surface area contributed by atoms with Crippen LogP contribution in [0, 0.1) is 0 Å². The van der Waals surface area contributed by atoms with Crippen molar-refractivity contribution in [2.45, 2.75) is 25.0 Å². The summed E-state index contributed by atoms with van der Waals surface area (Å²) in [4.78, 5) is 10.5. The molecule has 0 spiro atoms. The van der Waals surface area contributed by atoms with Gasteiger partial charge in [-0.1, -0.05) is 18.5 Å². The van der Waals surface area contributed by atoms with Crippen molar-refractivity contribution in [3.63, 3.8) is 0 Å². The van der Waals surface area contributed by atoms with Gasteiger partial charge in [-0.25, -0.2) is 4.79 Å². The normalized spacial score (nSPS) is 24.4. The molecular formula is C7H9ClO2S. The molecule has 0 aliphatic carbocycles. The first kappa shape index (κ1) is 8.94. The zero-order valence-electron chi connectivity index (χ0n) is 6.13. The van der Waals surface area contributed by atoms with Gasteiger partial charge < -0.3 is 5.11 Å². The predicted octanol–water partition coefficient (Wildman–Crippen LogP) is 2.44. The molecule has 0 aromatic heterocycles. The molecule has 1 N–H and O–H groups in total. The third-order valence-corrected chi connectivity index (χ3v) is 3.43. The zero-order valence-corrected chi connectivity index (χ0v) is 7.71. The Morgan fingerprint density at radius 2 is 2.55 bits per heavy atom. The van der Waals surface area contributed by atoms with Gasteiger partial charge in [0.05, 0.1) is 9.94 Å². The Kier molecular flexibility index (Phi) is 2.84. The first-order valence-corrected chi connectivity index (χ1v) is 4.69. The van der Waals surface area contributed by atoms with E-state index < -0.39 is 5.97 Å². The highest BCUT2D eigenvalue weighted by atomic mass is 35.5. The van der Waals surface area contributed by atoms with Crippen LogP contribution >= 0.6 is 23.4 Å². The molecule has 0 saturated carbocycles. The lowest BCUT2D eigenvalue weighted by Crippen LogP contribution is -2.02. The molecule has 0 bridgehead atoms. The van der Waals surface area contributed by atoms with Crippen LogP contribution in [0.4, 0.5) is 0 Å². The van der Waals surface area contributed by atoms with Gasteiger partial charge in [-0.15, -0.1) is 11.8 Å². The number of carbonyl (C=O) groups is 1. The van der Waals surface area contributed by atoms with E-state index in [-0.39, 0.29) is 0 Å². The van der Waals surface area contributed by atoms with Gasteiger partial charge in [0.15, 0.2) is 0 Å². The van der Waals surface area contributed by atoms with Gasteiger partial charge in [0.1, 0.15) is 0 Å². The molecule has 0 aromatic carbocycles. The fourth-order valence-corrected chi connectivity index (χ4v) is 2.52. The molecule has 62 valence electrons. The summed E-state index contributed by atoms with van der Waals surface area (Å²) in [6.07, 6.45) is 1.58. The van der Waals surface area contributed by atoms with Gasteiger partial charge in [-0.2, -0.15) is 0 Å². The Balaban J connectivity index is 2.67. The number of hydrogen-bond acceptors (Lipinski definition) is 2. The number of hydrogen-bond donors (Lipinski definition) is 1. The molecule has 0 fully saturated rings. The minimum absolute atomic E-state index is 0.369. The molecule has 0 aromatic rings. The average molecular weight is 193 g/mol. The molecule has 1 rings (SSSR count). The van der Waals surface area contributed by atoms with E-state index in [1.807, 2.05) is 6.92 Å². The quantitative estimate of drug-likeness (QED) is 0.730. The van der Waals surface area contributed by atoms with Gasteiger partial charge in [0.25, 0.3) is 0 Å². The maximum absolute atomic E-state index is 10.5. The van der Waals surface area contributed by atoms with Crippen molar-refractivity contribution in [3.05, 3.63) is 9.94 Å². The number of rotatable bonds is 2. The van der Waals surface area contributed by atoms with Crippen molar-refractivity contribution >= 4 is 29.3 Å². The fourth-order valence-electron chi connectivity index (χ4n) is 0.966. The SMILES string of the molecule is CCC1CC(C(=O)O)=C(Cl)S1. The minimum Gasteiger partial charge on any atom is -0.478 e. The summed E-state index contributed by atoms with van der Waals surface area (Å²) in [5.41, 5.74) is 0.378. The first-order chi connectivity index (χ1) is 5.15. The minimum atomic E-state index is -0.876. The van der Waals surface area contributed by atoms with Crippen molar-refractivity contribution in [2.75, 3.05) is 0 Å². The van der Waals surface area contributed by atoms with Gasteiger partial charge in [-0.3, -0.25) is 0 Å². The third kappa shape index (κ3) is 1.91. The Hall–Kier alpha value is -0.150. The maximum atomic E-state index is 10.5. The van der Waals surface area contributed by atoms with Crippen LogP contribution in [0.1, 0.15) is 19.8 Å². The molecule has 1 unspecified atom stereocenters. The molecule has 1 atom stereocenters. The largest absolute Gasteiger partial charge is 0.478 e. The molecule has 0 radical (unpaired) electrons. The van der Waals surface area contributed by atoms with Crippen molar-refractivity contribution in [1.82, 2.24) is 0 Å². The highest BCUT2D eigenvalue weighted by Gasteiger charge is 2.26. The van der Waals surface area contributed by atoms with Crippen molar-refractivity contribution in [3.8, 4) is 0 Å². The summed E-state index contributed by atoms with van der Waals surface area (Å²) < 4.78 is 0.462. The Morgan fingerprint density at radius 1 is 1.91 bits per heavy atom. The molecule has 11 heavy (non-hydrogen) atoms. The van der Waals surface area contributed by atoms with E-state index in [0.29, 0.717) is 21.6 Å². The topological polar surface area (TPSA) is 37.3 Å². The standard InChI is InChI=1S/C7H9ClO2S/c1-2-4-3-5(7(9)10)6(8)11-4/h4H,2-3H2,1H3,(H,9,10). The summed E-state index contributed by atoms with van der Waals surface area (Å²) >= 11 is 7.17. The van der Waals surface area contributed by atoms with E-state index in [1.54, 1.807) is 0 Å². The van der Waals surface area contributed by atoms with Crippen LogP contribution in [0.15, 0.2) is 9.94 Å². The molecule has 1 aliphatic rings. The highest BCUT2D eigenvalue weighted by molar-refractivity contribution is 8.05. The van der Waals surface area contributed by atoms with Gasteiger partial charge in [0.2, 0.25) is 0 Å². The zero-order chi connectivity index (χ0) is 8.43. The smallest absolute Gasteiger partial charge is 0.333 e. The number of halogens is 1. The van der Waals surface area contributed by atoms with Crippen LogP contribution in [-0.4, -0.2) is 16.3 Å². The van der Waals surface area contributed by atoms with Crippen LogP contribution in [0.5, 0.6) is 0 Å². The Labute approximate surface area is 74.6 Å². The van der Waals surface area contributed by atoms with Crippen LogP contribution in [0.3, 0.4) is 0 Å². The van der Waals surface area contributed by atoms with Crippen molar-refractivity contribution < 1.29 is 9.90 Å². The van der Waals surface area contributed by atoms with Gasteiger partial charge in [-0.05, 0) is 12.8 Å². The van der Waals surface area contributed by atoms with E-state index in [9.17, 15) is 4.79 Å². The van der Waals surface area contributed by atoms with Crippen LogP contribution < -0.4 is 0 Å². The lowest BCUT2D eigenvalue weighted by Gasteiger charge is -2.01. The summed E-state index contributed by atoms with van der Waals surface area (Å²) in [6.45, 7) is 2.03. The predicted molar refractivity (Wildman–Crippen MR) is 46.8 cm³/mol. The van der Waals surface area contributed by atoms with E-state index in [4.69, 9.17) is 16.7 Å². The summed E-state index contributed by atoms with van der Waals surface area (Å²) in [6, 6.07) is 0. The molecule has 0 saturated heterocycles. The second-order valence-corrected chi connectivity index (χ2v) is 4.32. The van der Waals surface area contributed by atoms with Crippen molar-refractivity contribution in [1.29, 1.82) is 0 Å². The Morgan fingerprint density at radius 3 is 2.82 bits per heavy atom. The lowest BCUT2D eigenvalue weighted by atomic mass is 10.1. The molecule has 2 nitrogen and oxygen atoms in total. The van der Waals surface area contributed by atoms with Gasteiger partial charge in [0, 0.05) is 5.25 Å². The van der Waals surface area contributed by atoms with Crippen LogP contribution in [0.2, 0.25) is 0 Å². The molecule has 1 aliphatic heterocycles. The molecule has 4 heteroatoms. The number of carboxylic acid groups (broad SMARTS) is 1. The third-order valence-electron chi connectivity index (χ3n) is 1.65. The maximum Gasteiger partial charge on any atom is 0.333 e. The lowest BCUT2D eigenvalue weighted by molar-refractivity contribution is -0.132. The van der Waals surface area contributed by atoms with E-state index in [1.165, 1.54) is 11.8 Å². The van der Waals surface area contributed by atoms with Crippen molar-refractivity contribution in [2.24, 2.45) is 0 Å². The summed E-state index contributed by atoms with van der Waals surface area (Å²) in [5.74, 6) is -0.876. The van der Waals surface area contributed by atoms with Gasteiger partial charge >= 0.3 is 5.97 Å². The van der Waals surface area contributed by atoms with Crippen LogP contribution in [0.25, 0.3) is 0 Å². The monoisotopic (exact) mass is 192 g/mol. The second kappa shape index (κ2) is 3.50. The summed E-state index contributed by atoms with van der Waals surface area (Å²) in [7, 11) is 0. The fraction of sp³-hybridized carbons (Fsp3) is 0.571. The molecule has 1 heterocycles. The van der Waals surface area contributed by atoms with E-state index in [2.05, 4.69) is 0 Å². The molecule has 0 amide bonds. The number of aliphatic carboxylic acids is 1. The number of thioether (sulfide) groups is 1. The second-order valence-electron chi connectivity index (χ2n) is 2.41. The summed E-state index contributed by atoms with van der Waals surface area (Å²) in [5, 5.41) is 9.01. The molecular weight excluding hydrogens is 184 g/mol. The van der Waals surface area contributed by atoms with E-state index in [0.717, 1.165) is 6.42 Å². The van der Waals surface area contributed by atoms with E-state index >= 15 is 0 Å². The highest BCUT2D eigenvalue weighted by Crippen LogP contribution is 2.41. The number of carboxylic acids is 1. The first-order valence-electron chi connectivity index (χ1n) is 3.43. The Bertz CT molecular complexity index is 212.